The number of carbonyl (C=O) groups is 1. The topological polar surface area (TPSA) is 40.5 Å². The van der Waals surface area contributed by atoms with Crippen molar-refractivity contribution in [2.75, 3.05) is 11.4 Å². The van der Waals surface area contributed by atoms with E-state index in [0.717, 1.165) is 18.7 Å². The largest absolute Gasteiger partial charge is 0.480 e. The molecular weight excluding hydrogens is 226 g/mol. The van der Waals surface area contributed by atoms with Crippen LogP contribution in [0.25, 0.3) is 0 Å². The summed E-state index contributed by atoms with van der Waals surface area (Å²) in [6.07, 6.45) is 1.56. The van der Waals surface area contributed by atoms with Gasteiger partial charge in [0.05, 0.1) is 0 Å². The summed E-state index contributed by atoms with van der Waals surface area (Å²) in [5.74, 6) is -0.744. The highest BCUT2D eigenvalue weighted by molar-refractivity contribution is 5.78. The lowest BCUT2D eigenvalue weighted by Crippen LogP contribution is -2.41. The van der Waals surface area contributed by atoms with Crippen LogP contribution in [0.4, 0.5) is 5.69 Å². The second-order valence-corrected chi connectivity index (χ2v) is 4.67. The smallest absolute Gasteiger partial charge is 0.326 e. The Labute approximate surface area is 109 Å². The van der Waals surface area contributed by atoms with Crippen LogP contribution in [0.2, 0.25) is 0 Å². The molecule has 100 valence electrons. The Kier molecular flexibility index (Phi) is 5.20. The average molecular weight is 249 g/mol. The molecular formula is C15H23NO2. The van der Waals surface area contributed by atoms with E-state index in [2.05, 4.69) is 26.8 Å². The van der Waals surface area contributed by atoms with E-state index in [9.17, 15) is 9.90 Å². The van der Waals surface area contributed by atoms with Crippen molar-refractivity contribution in [1.29, 1.82) is 0 Å². The Balaban J connectivity index is 3.18. The quantitative estimate of drug-likeness (QED) is 0.840. The number of carboxylic acids is 1. The Morgan fingerprint density at radius 3 is 2.50 bits per heavy atom. The van der Waals surface area contributed by atoms with E-state index in [1.807, 2.05) is 24.0 Å². The van der Waals surface area contributed by atoms with Crippen LogP contribution >= 0.6 is 0 Å². The van der Waals surface area contributed by atoms with Crippen molar-refractivity contribution in [1.82, 2.24) is 0 Å². The zero-order valence-corrected chi connectivity index (χ0v) is 11.7. The number of hydrogen-bond donors (Lipinski definition) is 1. The standard InChI is InChI=1S/C15H23NO2/c1-5-10-16(13(6-2)15(17)18)14-9-7-8-11(3)12(14)4/h7-9,13H,5-6,10H2,1-4H3,(H,17,18). The summed E-state index contributed by atoms with van der Waals surface area (Å²) in [7, 11) is 0. The van der Waals surface area contributed by atoms with Gasteiger partial charge in [0.25, 0.3) is 0 Å². The normalized spacial score (nSPS) is 12.2. The predicted molar refractivity (Wildman–Crippen MR) is 75.3 cm³/mol. The fraction of sp³-hybridized carbons (Fsp3) is 0.533. The first-order valence-corrected chi connectivity index (χ1v) is 6.58. The third-order valence-corrected chi connectivity index (χ3v) is 3.40. The molecule has 3 nitrogen and oxygen atoms in total. The van der Waals surface area contributed by atoms with Gasteiger partial charge < -0.3 is 10.0 Å². The molecule has 0 amide bonds. The highest BCUT2D eigenvalue weighted by atomic mass is 16.4. The SMILES string of the molecule is CCCN(c1cccc(C)c1C)C(CC)C(=O)O. The molecule has 0 bridgehead atoms. The molecule has 1 N–H and O–H groups in total. The molecule has 0 aliphatic carbocycles. The average Bonchev–Trinajstić information content (AvgIpc) is 2.32. The zero-order chi connectivity index (χ0) is 13.7. The van der Waals surface area contributed by atoms with Crippen molar-refractivity contribution in [3.05, 3.63) is 29.3 Å². The van der Waals surface area contributed by atoms with E-state index in [4.69, 9.17) is 0 Å². The van der Waals surface area contributed by atoms with E-state index < -0.39 is 12.0 Å². The lowest BCUT2D eigenvalue weighted by molar-refractivity contribution is -0.138. The second kappa shape index (κ2) is 6.43. The van der Waals surface area contributed by atoms with Crippen molar-refractivity contribution in [2.45, 2.75) is 46.6 Å². The molecule has 1 unspecified atom stereocenters. The van der Waals surface area contributed by atoms with E-state index >= 15 is 0 Å². The van der Waals surface area contributed by atoms with Gasteiger partial charge >= 0.3 is 5.97 Å². The van der Waals surface area contributed by atoms with Gasteiger partial charge in [-0.25, -0.2) is 4.79 Å². The summed E-state index contributed by atoms with van der Waals surface area (Å²) in [5, 5.41) is 9.35. The molecule has 0 spiro atoms. The van der Waals surface area contributed by atoms with Crippen molar-refractivity contribution in [2.24, 2.45) is 0 Å². The van der Waals surface area contributed by atoms with Crippen molar-refractivity contribution in [3.8, 4) is 0 Å². The minimum atomic E-state index is -0.744. The second-order valence-electron chi connectivity index (χ2n) is 4.67. The summed E-state index contributed by atoms with van der Waals surface area (Å²) in [6, 6.07) is 5.63. The predicted octanol–water partition coefficient (Wildman–Crippen LogP) is 3.38. The number of anilines is 1. The molecule has 0 saturated heterocycles. The van der Waals surface area contributed by atoms with Crippen molar-refractivity contribution < 1.29 is 9.90 Å². The fourth-order valence-electron chi connectivity index (χ4n) is 2.26. The first kappa shape index (κ1) is 14.6. The van der Waals surface area contributed by atoms with E-state index in [-0.39, 0.29) is 0 Å². The minimum absolute atomic E-state index is 0.439. The Hall–Kier alpha value is -1.51. The van der Waals surface area contributed by atoms with Crippen LogP contribution in [0.3, 0.4) is 0 Å². The number of benzene rings is 1. The highest BCUT2D eigenvalue weighted by Gasteiger charge is 2.24. The van der Waals surface area contributed by atoms with E-state index in [0.29, 0.717) is 6.42 Å². The van der Waals surface area contributed by atoms with Gasteiger partial charge in [0.1, 0.15) is 6.04 Å². The van der Waals surface area contributed by atoms with Gasteiger partial charge in [0.2, 0.25) is 0 Å². The van der Waals surface area contributed by atoms with Gasteiger partial charge in [0.15, 0.2) is 0 Å². The fourth-order valence-corrected chi connectivity index (χ4v) is 2.26. The molecule has 1 rings (SSSR count). The van der Waals surface area contributed by atoms with Crippen LogP contribution in [0.1, 0.15) is 37.8 Å². The third kappa shape index (κ3) is 3.03. The first-order valence-electron chi connectivity index (χ1n) is 6.58. The molecule has 0 saturated carbocycles. The number of aryl methyl sites for hydroxylation is 1. The molecule has 1 aromatic carbocycles. The summed E-state index contributed by atoms with van der Waals surface area (Å²) in [4.78, 5) is 13.4. The van der Waals surface area contributed by atoms with Gasteiger partial charge in [-0.15, -0.1) is 0 Å². The molecule has 0 aliphatic heterocycles. The van der Waals surface area contributed by atoms with Crippen molar-refractivity contribution in [3.63, 3.8) is 0 Å². The van der Waals surface area contributed by atoms with Gasteiger partial charge in [0, 0.05) is 12.2 Å². The van der Waals surface area contributed by atoms with Crippen LogP contribution in [-0.2, 0) is 4.79 Å². The molecule has 0 aliphatic rings. The van der Waals surface area contributed by atoms with E-state index in [1.165, 1.54) is 11.1 Å². The minimum Gasteiger partial charge on any atom is -0.480 e. The van der Waals surface area contributed by atoms with Gasteiger partial charge in [-0.2, -0.15) is 0 Å². The van der Waals surface area contributed by atoms with E-state index in [1.54, 1.807) is 0 Å². The Morgan fingerprint density at radius 1 is 1.33 bits per heavy atom. The molecule has 3 heteroatoms. The molecule has 0 heterocycles. The number of carboxylic acid groups (broad SMARTS) is 1. The molecule has 0 aromatic heterocycles. The molecule has 1 atom stereocenters. The van der Waals surface area contributed by atoms with Gasteiger partial charge in [-0.1, -0.05) is 26.0 Å². The maximum absolute atomic E-state index is 11.4. The summed E-state index contributed by atoms with van der Waals surface area (Å²) in [6.45, 7) is 8.89. The number of rotatable bonds is 6. The number of hydrogen-bond acceptors (Lipinski definition) is 2. The maximum atomic E-state index is 11.4. The third-order valence-electron chi connectivity index (χ3n) is 3.40. The lowest BCUT2D eigenvalue weighted by atomic mass is 10.0. The first-order chi connectivity index (χ1) is 8.52. The highest BCUT2D eigenvalue weighted by Crippen LogP contribution is 2.25. The number of aliphatic carboxylic acids is 1. The summed E-state index contributed by atoms with van der Waals surface area (Å²) >= 11 is 0. The molecule has 0 radical (unpaired) electrons. The van der Waals surface area contributed by atoms with Gasteiger partial charge in [-0.05, 0) is 43.9 Å². The van der Waals surface area contributed by atoms with Gasteiger partial charge in [-0.3, -0.25) is 0 Å². The molecule has 1 aromatic rings. The monoisotopic (exact) mass is 249 g/mol. The Morgan fingerprint density at radius 2 is 2.00 bits per heavy atom. The Bertz CT molecular complexity index is 415. The van der Waals surface area contributed by atoms with Crippen LogP contribution in [0.5, 0.6) is 0 Å². The maximum Gasteiger partial charge on any atom is 0.326 e. The summed E-state index contributed by atoms with van der Waals surface area (Å²) < 4.78 is 0. The van der Waals surface area contributed by atoms with Crippen LogP contribution in [0.15, 0.2) is 18.2 Å². The van der Waals surface area contributed by atoms with Crippen molar-refractivity contribution >= 4 is 11.7 Å². The van der Waals surface area contributed by atoms with Crippen LogP contribution in [-0.4, -0.2) is 23.7 Å². The van der Waals surface area contributed by atoms with Crippen LogP contribution in [0, 0.1) is 13.8 Å². The lowest BCUT2D eigenvalue weighted by Gasteiger charge is -2.31. The molecule has 18 heavy (non-hydrogen) atoms. The van der Waals surface area contributed by atoms with Crippen LogP contribution < -0.4 is 4.90 Å². The zero-order valence-electron chi connectivity index (χ0n) is 11.7. The number of nitrogens with zero attached hydrogens (tertiary/aromatic N) is 1. The molecule has 0 fully saturated rings. The summed E-state index contributed by atoms with van der Waals surface area (Å²) in [5.41, 5.74) is 3.42.